The molecule has 1 aliphatic carbocycles. The van der Waals surface area contributed by atoms with Gasteiger partial charge in [-0.05, 0) is 64.2 Å². The zero-order valence-electron chi connectivity index (χ0n) is 22.3. The Labute approximate surface area is 249 Å². The number of carbonyl (C=O) groups is 2. The Hall–Kier alpha value is -2.88. The number of hydrogen-bond donors (Lipinski definition) is 1. The zero-order valence-corrected chi connectivity index (χ0v) is 25.5. The van der Waals surface area contributed by atoms with Gasteiger partial charge in [-0.2, -0.15) is 0 Å². The van der Waals surface area contributed by atoms with Crippen LogP contribution in [0.2, 0.25) is 5.02 Å². The van der Waals surface area contributed by atoms with Crippen LogP contribution in [-0.4, -0.2) is 50.0 Å². The minimum atomic E-state index is -3.83. The van der Waals surface area contributed by atoms with Gasteiger partial charge in [0, 0.05) is 28.5 Å². The van der Waals surface area contributed by atoms with Crippen molar-refractivity contribution in [3.05, 3.63) is 99.5 Å². The molecule has 1 aliphatic rings. The molecule has 0 aromatic heterocycles. The first-order valence-corrected chi connectivity index (χ1v) is 16.2. The molecule has 1 fully saturated rings. The fraction of sp³-hybridized carbons (Fsp3) is 0.333. The maximum atomic E-state index is 14.1. The largest absolute Gasteiger partial charge is 0.352 e. The first kappa shape index (κ1) is 30.1. The molecule has 0 unspecified atom stereocenters. The number of rotatable bonds is 11. The van der Waals surface area contributed by atoms with Crippen molar-refractivity contribution in [2.24, 2.45) is 0 Å². The van der Waals surface area contributed by atoms with Crippen LogP contribution in [0.5, 0.6) is 0 Å². The maximum Gasteiger partial charge on any atom is 0.244 e. The van der Waals surface area contributed by atoms with Gasteiger partial charge in [0.2, 0.25) is 21.8 Å². The monoisotopic (exact) mass is 645 g/mol. The van der Waals surface area contributed by atoms with Gasteiger partial charge >= 0.3 is 0 Å². The van der Waals surface area contributed by atoms with Crippen LogP contribution in [0.4, 0.5) is 5.69 Å². The summed E-state index contributed by atoms with van der Waals surface area (Å²) in [5.41, 5.74) is 2.02. The van der Waals surface area contributed by atoms with Crippen LogP contribution in [0, 0.1) is 0 Å². The minimum absolute atomic E-state index is 0.0612. The van der Waals surface area contributed by atoms with Crippen molar-refractivity contribution in [2.45, 2.75) is 50.7 Å². The second-order valence-corrected chi connectivity index (χ2v) is 13.3. The van der Waals surface area contributed by atoms with Gasteiger partial charge < -0.3 is 10.2 Å². The predicted molar refractivity (Wildman–Crippen MR) is 163 cm³/mol. The molecule has 0 radical (unpaired) electrons. The van der Waals surface area contributed by atoms with Crippen LogP contribution in [0.15, 0.2) is 83.3 Å². The Bertz CT molecular complexity index is 1410. The predicted octanol–water partition coefficient (Wildman–Crippen LogP) is 5.57. The molecule has 1 saturated carbocycles. The summed E-state index contributed by atoms with van der Waals surface area (Å²) in [7, 11) is -3.83. The summed E-state index contributed by atoms with van der Waals surface area (Å²) in [4.78, 5) is 29.5. The summed E-state index contributed by atoms with van der Waals surface area (Å²) in [5.74, 6) is -0.733. The van der Waals surface area contributed by atoms with Crippen molar-refractivity contribution in [3.8, 4) is 0 Å². The van der Waals surface area contributed by atoms with Gasteiger partial charge in [0.1, 0.15) is 12.6 Å². The SMILES string of the molecule is CS(=O)(=O)N(CC(=O)N(Cc1ccc(Cl)cc1)[C@@H](Cc1ccccc1)C(=O)NC1CCCC1)c1ccccc1Br. The Kier molecular flexibility index (Phi) is 10.3. The lowest BCUT2D eigenvalue weighted by Crippen LogP contribution is -2.54. The molecule has 212 valence electrons. The highest BCUT2D eigenvalue weighted by atomic mass is 79.9. The summed E-state index contributed by atoms with van der Waals surface area (Å²) in [6.07, 6.45) is 5.26. The van der Waals surface area contributed by atoms with E-state index in [0.717, 1.165) is 47.4 Å². The molecule has 1 atom stereocenters. The van der Waals surface area contributed by atoms with Gasteiger partial charge in [-0.3, -0.25) is 13.9 Å². The van der Waals surface area contributed by atoms with E-state index in [0.29, 0.717) is 15.2 Å². The first-order valence-electron chi connectivity index (χ1n) is 13.2. The van der Waals surface area contributed by atoms with E-state index in [4.69, 9.17) is 11.6 Å². The quantitative estimate of drug-likeness (QED) is 0.295. The van der Waals surface area contributed by atoms with Crippen molar-refractivity contribution in [2.75, 3.05) is 17.1 Å². The van der Waals surface area contributed by atoms with E-state index in [1.807, 2.05) is 30.3 Å². The molecule has 1 N–H and O–H groups in total. The summed E-state index contributed by atoms with van der Waals surface area (Å²) in [5, 5.41) is 3.71. The number of para-hydroxylation sites is 1. The zero-order chi connectivity index (χ0) is 28.7. The topological polar surface area (TPSA) is 86.8 Å². The lowest BCUT2D eigenvalue weighted by molar-refractivity contribution is -0.140. The lowest BCUT2D eigenvalue weighted by Gasteiger charge is -2.34. The van der Waals surface area contributed by atoms with Gasteiger partial charge in [-0.25, -0.2) is 8.42 Å². The highest BCUT2D eigenvalue weighted by Gasteiger charge is 2.34. The summed E-state index contributed by atoms with van der Waals surface area (Å²) >= 11 is 9.52. The number of nitrogens with zero attached hydrogens (tertiary/aromatic N) is 2. The second kappa shape index (κ2) is 13.7. The van der Waals surface area contributed by atoms with Crippen LogP contribution >= 0.6 is 27.5 Å². The lowest BCUT2D eigenvalue weighted by atomic mass is 10.0. The smallest absolute Gasteiger partial charge is 0.244 e. The highest BCUT2D eigenvalue weighted by molar-refractivity contribution is 9.10. The van der Waals surface area contributed by atoms with Gasteiger partial charge in [0.25, 0.3) is 0 Å². The summed E-state index contributed by atoms with van der Waals surface area (Å²) in [6.45, 7) is -0.351. The molecule has 40 heavy (non-hydrogen) atoms. The fourth-order valence-electron chi connectivity index (χ4n) is 4.96. The fourth-order valence-corrected chi connectivity index (χ4v) is 6.56. The van der Waals surface area contributed by atoms with Crippen LogP contribution in [0.1, 0.15) is 36.8 Å². The van der Waals surface area contributed by atoms with E-state index >= 15 is 0 Å². The minimum Gasteiger partial charge on any atom is -0.352 e. The molecule has 4 rings (SSSR count). The van der Waals surface area contributed by atoms with Crippen LogP contribution in [0.25, 0.3) is 0 Å². The van der Waals surface area contributed by atoms with E-state index in [2.05, 4.69) is 21.2 Å². The number of sulfonamides is 1. The van der Waals surface area contributed by atoms with Crippen molar-refractivity contribution >= 4 is 55.1 Å². The van der Waals surface area contributed by atoms with E-state index in [1.54, 1.807) is 48.5 Å². The van der Waals surface area contributed by atoms with E-state index in [1.165, 1.54) is 4.90 Å². The molecule has 0 heterocycles. The standard InChI is InChI=1S/C30H33BrClN3O4S/c1-40(38,39)35(27-14-8-7-13-26(27)31)21-29(36)34(20-23-15-17-24(32)18-16-23)28(19-22-9-3-2-4-10-22)30(37)33-25-11-5-6-12-25/h2-4,7-10,13-18,25,28H,5-6,11-12,19-21H2,1H3,(H,33,37)/t28-/m0/s1. The Balaban J connectivity index is 1.72. The maximum absolute atomic E-state index is 14.1. The molecule has 0 aliphatic heterocycles. The Morgan fingerprint density at radius 1 is 0.950 bits per heavy atom. The number of benzene rings is 3. The number of hydrogen-bond acceptors (Lipinski definition) is 4. The normalized spacial score (nSPS) is 14.5. The molecule has 3 aromatic rings. The number of amides is 2. The average molecular weight is 647 g/mol. The van der Waals surface area contributed by atoms with Crippen molar-refractivity contribution in [1.82, 2.24) is 10.2 Å². The van der Waals surface area contributed by atoms with E-state index in [9.17, 15) is 18.0 Å². The third-order valence-electron chi connectivity index (χ3n) is 7.04. The van der Waals surface area contributed by atoms with Crippen LogP contribution in [-0.2, 0) is 32.6 Å². The summed E-state index contributed by atoms with van der Waals surface area (Å²) < 4.78 is 27.4. The third-order valence-corrected chi connectivity index (χ3v) is 9.09. The van der Waals surface area contributed by atoms with Crippen molar-refractivity contribution in [3.63, 3.8) is 0 Å². The molecule has 7 nitrogen and oxygen atoms in total. The molecule has 0 bridgehead atoms. The molecule has 3 aromatic carbocycles. The molecule has 10 heteroatoms. The van der Waals surface area contributed by atoms with Gasteiger partial charge in [0.05, 0.1) is 11.9 Å². The highest BCUT2D eigenvalue weighted by Crippen LogP contribution is 2.28. The number of nitrogens with one attached hydrogen (secondary N) is 1. The first-order chi connectivity index (χ1) is 19.1. The summed E-state index contributed by atoms with van der Waals surface area (Å²) in [6, 6.07) is 22.6. The van der Waals surface area contributed by atoms with Crippen molar-refractivity contribution < 1.29 is 18.0 Å². The van der Waals surface area contributed by atoms with Gasteiger partial charge in [-0.1, -0.05) is 79.0 Å². The third kappa shape index (κ3) is 8.08. The molecule has 0 spiro atoms. The number of halogens is 2. The molecular formula is C30H33BrClN3O4S. The van der Waals surface area contributed by atoms with E-state index in [-0.39, 0.29) is 24.9 Å². The van der Waals surface area contributed by atoms with Gasteiger partial charge in [-0.15, -0.1) is 0 Å². The van der Waals surface area contributed by atoms with E-state index < -0.39 is 28.5 Å². The number of anilines is 1. The second-order valence-electron chi connectivity index (χ2n) is 10.1. The van der Waals surface area contributed by atoms with Crippen LogP contribution in [0.3, 0.4) is 0 Å². The Morgan fingerprint density at radius 2 is 1.57 bits per heavy atom. The van der Waals surface area contributed by atoms with Gasteiger partial charge in [0.15, 0.2) is 0 Å². The Morgan fingerprint density at radius 3 is 2.20 bits per heavy atom. The molecule has 2 amide bonds. The molecule has 0 saturated heterocycles. The van der Waals surface area contributed by atoms with Crippen LogP contribution < -0.4 is 9.62 Å². The van der Waals surface area contributed by atoms with Crippen molar-refractivity contribution in [1.29, 1.82) is 0 Å². The molecular weight excluding hydrogens is 614 g/mol. The average Bonchev–Trinajstić information content (AvgIpc) is 3.43. The number of carbonyl (C=O) groups excluding carboxylic acids is 2.